The minimum absolute atomic E-state index is 0.0903. The van der Waals surface area contributed by atoms with Gasteiger partial charge in [-0.25, -0.2) is 0 Å². The second kappa shape index (κ2) is 4.49. The Morgan fingerprint density at radius 1 is 1.82 bits per heavy atom. The monoisotopic (exact) mass is 156 g/mol. The molecule has 0 saturated carbocycles. The maximum Gasteiger partial charge on any atom is 0.264 e. The van der Waals surface area contributed by atoms with Crippen molar-refractivity contribution in [3.05, 3.63) is 12.3 Å². The lowest BCUT2D eigenvalue weighted by Crippen LogP contribution is -2.32. The van der Waals surface area contributed by atoms with Gasteiger partial charge in [-0.05, 0) is 6.92 Å². The number of carbonyl (C=O) groups excluding carboxylic acids is 2. The van der Waals surface area contributed by atoms with Gasteiger partial charge < -0.3 is 15.8 Å². The third-order valence-corrected chi connectivity index (χ3v) is 1.17. The summed E-state index contributed by atoms with van der Waals surface area (Å²) >= 11 is 0. The smallest absolute Gasteiger partial charge is 0.264 e. The summed E-state index contributed by atoms with van der Waals surface area (Å²) < 4.78 is 0. The molecule has 0 aliphatic heterocycles. The second-order valence-corrected chi connectivity index (χ2v) is 2.29. The standard InChI is InChI=1S/C7H12N2O2/c1-5(3-4-10)9-6(2)7(8)11/h4-5,9H,2-3H2,1H3,(H2,8,11). The number of aldehydes is 1. The molecule has 0 saturated heterocycles. The summed E-state index contributed by atoms with van der Waals surface area (Å²) in [5.41, 5.74) is 5.03. The number of hydrogen-bond donors (Lipinski definition) is 2. The van der Waals surface area contributed by atoms with E-state index < -0.39 is 5.91 Å². The van der Waals surface area contributed by atoms with Crippen LogP contribution >= 0.6 is 0 Å². The lowest BCUT2D eigenvalue weighted by Gasteiger charge is -2.11. The summed E-state index contributed by atoms with van der Waals surface area (Å²) in [7, 11) is 0. The van der Waals surface area contributed by atoms with E-state index in [-0.39, 0.29) is 11.7 Å². The summed E-state index contributed by atoms with van der Waals surface area (Å²) in [5.74, 6) is -0.595. The van der Waals surface area contributed by atoms with Crippen LogP contribution in [0.15, 0.2) is 12.3 Å². The summed E-state index contributed by atoms with van der Waals surface area (Å²) in [5, 5.41) is 2.68. The van der Waals surface area contributed by atoms with E-state index in [4.69, 9.17) is 5.73 Å². The summed E-state index contributed by atoms with van der Waals surface area (Å²) in [6.45, 7) is 5.14. The zero-order chi connectivity index (χ0) is 8.85. The van der Waals surface area contributed by atoms with E-state index in [2.05, 4.69) is 11.9 Å². The van der Waals surface area contributed by atoms with Crippen LogP contribution in [0.25, 0.3) is 0 Å². The van der Waals surface area contributed by atoms with Crippen LogP contribution in [0.1, 0.15) is 13.3 Å². The molecule has 11 heavy (non-hydrogen) atoms. The molecule has 0 aliphatic rings. The van der Waals surface area contributed by atoms with Crippen LogP contribution in [0.4, 0.5) is 0 Å². The number of nitrogens with one attached hydrogen (secondary N) is 1. The van der Waals surface area contributed by atoms with Crippen molar-refractivity contribution in [2.75, 3.05) is 0 Å². The van der Waals surface area contributed by atoms with E-state index in [0.29, 0.717) is 6.42 Å². The van der Waals surface area contributed by atoms with Gasteiger partial charge >= 0.3 is 0 Å². The first-order chi connectivity index (χ1) is 5.07. The highest BCUT2D eigenvalue weighted by atomic mass is 16.1. The van der Waals surface area contributed by atoms with Crippen LogP contribution in [-0.4, -0.2) is 18.2 Å². The molecule has 1 unspecified atom stereocenters. The Labute approximate surface area is 65.5 Å². The highest BCUT2D eigenvalue weighted by Crippen LogP contribution is 1.90. The largest absolute Gasteiger partial charge is 0.378 e. The number of primary amides is 1. The molecule has 3 N–H and O–H groups in total. The molecule has 0 aromatic rings. The van der Waals surface area contributed by atoms with Crippen molar-refractivity contribution < 1.29 is 9.59 Å². The molecule has 62 valence electrons. The predicted molar refractivity (Wildman–Crippen MR) is 41.6 cm³/mol. The Balaban J connectivity index is 3.74. The Morgan fingerprint density at radius 3 is 2.73 bits per heavy atom. The number of carbonyl (C=O) groups is 2. The quantitative estimate of drug-likeness (QED) is 0.418. The molecule has 0 heterocycles. The third-order valence-electron chi connectivity index (χ3n) is 1.17. The number of hydrogen-bond acceptors (Lipinski definition) is 3. The van der Waals surface area contributed by atoms with Crippen LogP contribution in [0.2, 0.25) is 0 Å². The van der Waals surface area contributed by atoms with E-state index in [1.807, 2.05) is 0 Å². The third kappa shape index (κ3) is 4.13. The van der Waals surface area contributed by atoms with Gasteiger partial charge in [0.05, 0.1) is 5.70 Å². The fourth-order valence-electron chi connectivity index (χ4n) is 0.572. The molecule has 0 fully saturated rings. The lowest BCUT2D eigenvalue weighted by molar-refractivity contribution is -0.115. The van der Waals surface area contributed by atoms with Crippen molar-refractivity contribution in [2.24, 2.45) is 5.73 Å². The van der Waals surface area contributed by atoms with Crippen molar-refractivity contribution in [1.82, 2.24) is 5.32 Å². The van der Waals surface area contributed by atoms with E-state index in [0.717, 1.165) is 6.29 Å². The molecule has 0 radical (unpaired) electrons. The molecule has 1 amide bonds. The Bertz CT molecular complexity index is 177. The maximum atomic E-state index is 10.4. The van der Waals surface area contributed by atoms with Crippen LogP contribution in [-0.2, 0) is 9.59 Å². The molecule has 4 nitrogen and oxygen atoms in total. The van der Waals surface area contributed by atoms with Crippen LogP contribution in [0.3, 0.4) is 0 Å². The molecule has 0 aromatic heterocycles. The first kappa shape index (κ1) is 9.68. The number of nitrogens with two attached hydrogens (primary N) is 1. The van der Waals surface area contributed by atoms with Crippen LogP contribution < -0.4 is 11.1 Å². The zero-order valence-electron chi connectivity index (χ0n) is 6.46. The van der Waals surface area contributed by atoms with E-state index >= 15 is 0 Å². The first-order valence-corrected chi connectivity index (χ1v) is 3.26. The average Bonchev–Trinajstić information content (AvgIpc) is 1.87. The second-order valence-electron chi connectivity index (χ2n) is 2.29. The van der Waals surface area contributed by atoms with Crippen molar-refractivity contribution >= 4 is 12.2 Å². The van der Waals surface area contributed by atoms with Crippen molar-refractivity contribution in [3.63, 3.8) is 0 Å². The van der Waals surface area contributed by atoms with Crippen LogP contribution in [0, 0.1) is 0 Å². The SMILES string of the molecule is C=C(NC(C)CC=O)C(N)=O. The van der Waals surface area contributed by atoms with Gasteiger partial charge in [0.1, 0.15) is 6.29 Å². The maximum absolute atomic E-state index is 10.4. The fraction of sp³-hybridized carbons (Fsp3) is 0.429. The molecular weight excluding hydrogens is 144 g/mol. The molecule has 0 bridgehead atoms. The zero-order valence-corrected chi connectivity index (χ0v) is 6.46. The molecule has 0 spiro atoms. The minimum atomic E-state index is -0.595. The topological polar surface area (TPSA) is 72.2 Å². The number of rotatable bonds is 5. The summed E-state index contributed by atoms with van der Waals surface area (Å²) in [4.78, 5) is 20.4. The van der Waals surface area contributed by atoms with E-state index in [1.54, 1.807) is 6.92 Å². The predicted octanol–water partition coefficient (Wildman–Crippen LogP) is -0.448. The summed E-state index contributed by atoms with van der Waals surface area (Å²) in [6, 6.07) is -0.0903. The molecular formula is C7H12N2O2. The van der Waals surface area contributed by atoms with Gasteiger partial charge in [-0.1, -0.05) is 6.58 Å². The molecule has 4 heteroatoms. The van der Waals surface area contributed by atoms with Gasteiger partial charge in [-0.15, -0.1) is 0 Å². The first-order valence-electron chi connectivity index (χ1n) is 3.26. The molecule has 1 atom stereocenters. The number of amides is 1. The normalized spacial score (nSPS) is 11.7. The Kier molecular flexibility index (Phi) is 3.95. The van der Waals surface area contributed by atoms with Gasteiger partial charge in [0.2, 0.25) is 0 Å². The highest BCUT2D eigenvalue weighted by molar-refractivity contribution is 5.90. The lowest BCUT2D eigenvalue weighted by atomic mass is 10.2. The van der Waals surface area contributed by atoms with Gasteiger partial charge in [0.25, 0.3) is 5.91 Å². The van der Waals surface area contributed by atoms with Gasteiger partial charge in [-0.2, -0.15) is 0 Å². The average molecular weight is 156 g/mol. The molecule has 0 aliphatic carbocycles. The van der Waals surface area contributed by atoms with Crippen molar-refractivity contribution in [1.29, 1.82) is 0 Å². The van der Waals surface area contributed by atoms with Gasteiger partial charge in [0.15, 0.2) is 0 Å². The molecule has 0 rings (SSSR count). The summed E-state index contributed by atoms with van der Waals surface area (Å²) in [6.07, 6.45) is 1.11. The van der Waals surface area contributed by atoms with Crippen molar-refractivity contribution in [3.8, 4) is 0 Å². The van der Waals surface area contributed by atoms with E-state index in [1.165, 1.54) is 0 Å². The van der Waals surface area contributed by atoms with Gasteiger partial charge in [0, 0.05) is 12.5 Å². The van der Waals surface area contributed by atoms with E-state index in [9.17, 15) is 9.59 Å². The Morgan fingerprint density at radius 2 is 2.36 bits per heavy atom. The Hall–Kier alpha value is -1.32. The van der Waals surface area contributed by atoms with Crippen molar-refractivity contribution in [2.45, 2.75) is 19.4 Å². The molecule has 0 aromatic carbocycles. The minimum Gasteiger partial charge on any atom is -0.378 e. The fourth-order valence-corrected chi connectivity index (χ4v) is 0.572. The van der Waals surface area contributed by atoms with Crippen LogP contribution in [0.5, 0.6) is 0 Å². The van der Waals surface area contributed by atoms with Gasteiger partial charge in [-0.3, -0.25) is 4.79 Å². The highest BCUT2D eigenvalue weighted by Gasteiger charge is 2.04.